The van der Waals surface area contributed by atoms with Crippen molar-refractivity contribution in [1.82, 2.24) is 10.2 Å². The van der Waals surface area contributed by atoms with Crippen LogP contribution in [0.15, 0.2) is 0 Å². The van der Waals surface area contributed by atoms with Gasteiger partial charge in [0.15, 0.2) is 0 Å². The fourth-order valence-corrected chi connectivity index (χ4v) is 2.97. The number of aliphatic hydroxyl groups excluding tert-OH is 1. The third-order valence-corrected chi connectivity index (χ3v) is 4.17. The fourth-order valence-electron chi connectivity index (χ4n) is 2.97. The molecule has 3 nitrogen and oxygen atoms in total. The molecule has 1 fully saturated rings. The van der Waals surface area contributed by atoms with Crippen LogP contribution in [0.4, 0.5) is 0 Å². The molecule has 3 heteroatoms. The molecular weight excluding hydrogens is 224 g/mol. The Balaban J connectivity index is 2.27. The molecule has 0 amide bonds. The van der Waals surface area contributed by atoms with Gasteiger partial charge in [-0.2, -0.15) is 0 Å². The minimum Gasteiger partial charge on any atom is -0.395 e. The topological polar surface area (TPSA) is 35.5 Å². The Morgan fingerprint density at radius 3 is 2.50 bits per heavy atom. The SMILES string of the molecule is CCCNC(CO)CCN(CC)C1CCCCC1. The van der Waals surface area contributed by atoms with Crippen molar-refractivity contribution in [3.63, 3.8) is 0 Å². The standard InChI is InChI=1S/C15H32N2O/c1-3-11-16-14(13-18)10-12-17(4-2)15-8-6-5-7-9-15/h14-16,18H,3-13H2,1-2H3. The van der Waals surface area contributed by atoms with Crippen molar-refractivity contribution in [3.8, 4) is 0 Å². The minimum absolute atomic E-state index is 0.266. The van der Waals surface area contributed by atoms with Crippen molar-refractivity contribution >= 4 is 0 Å². The zero-order valence-corrected chi connectivity index (χ0v) is 12.3. The molecule has 1 unspecified atom stereocenters. The Hall–Kier alpha value is -0.120. The van der Waals surface area contributed by atoms with Crippen LogP contribution < -0.4 is 5.32 Å². The molecule has 1 saturated carbocycles. The van der Waals surface area contributed by atoms with Crippen molar-refractivity contribution in [2.24, 2.45) is 0 Å². The lowest BCUT2D eigenvalue weighted by Gasteiger charge is -2.34. The van der Waals surface area contributed by atoms with Crippen LogP contribution in [-0.4, -0.2) is 48.3 Å². The van der Waals surface area contributed by atoms with Gasteiger partial charge in [0, 0.05) is 12.1 Å². The molecule has 1 rings (SSSR count). The van der Waals surface area contributed by atoms with Crippen LogP contribution in [0.2, 0.25) is 0 Å². The van der Waals surface area contributed by atoms with Crippen LogP contribution in [0.1, 0.15) is 58.8 Å². The van der Waals surface area contributed by atoms with E-state index in [-0.39, 0.29) is 12.6 Å². The molecule has 0 aromatic heterocycles. The number of aliphatic hydroxyl groups is 1. The number of hydrogen-bond donors (Lipinski definition) is 2. The minimum atomic E-state index is 0.266. The lowest BCUT2D eigenvalue weighted by Crippen LogP contribution is -2.41. The molecule has 0 aliphatic heterocycles. The molecule has 1 atom stereocenters. The average molecular weight is 256 g/mol. The summed E-state index contributed by atoms with van der Waals surface area (Å²) >= 11 is 0. The molecular formula is C15H32N2O. The number of nitrogens with one attached hydrogen (secondary N) is 1. The maximum Gasteiger partial charge on any atom is 0.0585 e. The third-order valence-electron chi connectivity index (χ3n) is 4.17. The van der Waals surface area contributed by atoms with Gasteiger partial charge < -0.3 is 15.3 Å². The summed E-state index contributed by atoms with van der Waals surface area (Å²) in [4.78, 5) is 2.62. The second kappa shape index (κ2) is 9.76. The van der Waals surface area contributed by atoms with Crippen molar-refractivity contribution in [2.45, 2.75) is 70.9 Å². The number of rotatable bonds is 9. The van der Waals surface area contributed by atoms with Gasteiger partial charge in [0.05, 0.1) is 6.61 Å². The van der Waals surface area contributed by atoms with Gasteiger partial charge in [-0.3, -0.25) is 0 Å². The lowest BCUT2D eigenvalue weighted by molar-refractivity contribution is 0.146. The van der Waals surface area contributed by atoms with Crippen molar-refractivity contribution in [3.05, 3.63) is 0 Å². The summed E-state index contributed by atoms with van der Waals surface area (Å²) in [6, 6.07) is 1.08. The Morgan fingerprint density at radius 2 is 1.94 bits per heavy atom. The van der Waals surface area contributed by atoms with Gasteiger partial charge in [-0.15, -0.1) is 0 Å². The highest BCUT2D eigenvalue weighted by molar-refractivity contribution is 4.77. The van der Waals surface area contributed by atoms with Crippen molar-refractivity contribution in [1.29, 1.82) is 0 Å². The van der Waals surface area contributed by atoms with Crippen LogP contribution in [0.5, 0.6) is 0 Å². The van der Waals surface area contributed by atoms with E-state index in [0.29, 0.717) is 0 Å². The van der Waals surface area contributed by atoms with E-state index in [2.05, 4.69) is 24.1 Å². The van der Waals surface area contributed by atoms with E-state index in [0.717, 1.165) is 38.5 Å². The molecule has 0 aromatic carbocycles. The summed E-state index contributed by atoms with van der Waals surface area (Å²) < 4.78 is 0. The molecule has 1 aliphatic carbocycles. The van der Waals surface area contributed by atoms with E-state index < -0.39 is 0 Å². The highest BCUT2D eigenvalue weighted by Crippen LogP contribution is 2.22. The highest BCUT2D eigenvalue weighted by Gasteiger charge is 2.20. The molecule has 0 radical (unpaired) electrons. The van der Waals surface area contributed by atoms with Gasteiger partial charge in [-0.1, -0.05) is 33.1 Å². The van der Waals surface area contributed by atoms with Gasteiger partial charge in [-0.25, -0.2) is 0 Å². The molecule has 18 heavy (non-hydrogen) atoms. The van der Waals surface area contributed by atoms with Gasteiger partial charge in [-0.05, 0) is 45.3 Å². The first-order chi connectivity index (χ1) is 8.81. The second-order valence-electron chi connectivity index (χ2n) is 5.54. The number of hydrogen-bond acceptors (Lipinski definition) is 3. The van der Waals surface area contributed by atoms with Gasteiger partial charge in [0.1, 0.15) is 0 Å². The first-order valence-electron chi connectivity index (χ1n) is 7.90. The van der Waals surface area contributed by atoms with E-state index in [9.17, 15) is 5.11 Å². The molecule has 0 bridgehead atoms. The van der Waals surface area contributed by atoms with E-state index >= 15 is 0 Å². The van der Waals surface area contributed by atoms with Crippen LogP contribution in [0, 0.1) is 0 Å². The third kappa shape index (κ3) is 5.68. The molecule has 2 N–H and O–H groups in total. The molecule has 0 spiro atoms. The smallest absolute Gasteiger partial charge is 0.0585 e. The van der Waals surface area contributed by atoms with Crippen LogP contribution in [-0.2, 0) is 0 Å². The Bertz CT molecular complexity index is 193. The zero-order chi connectivity index (χ0) is 13.2. The summed E-state index contributed by atoms with van der Waals surface area (Å²) in [6.45, 7) is 7.99. The Morgan fingerprint density at radius 1 is 1.22 bits per heavy atom. The Labute approximate surface area is 113 Å². The zero-order valence-electron chi connectivity index (χ0n) is 12.3. The number of nitrogens with zero attached hydrogens (tertiary/aromatic N) is 1. The van der Waals surface area contributed by atoms with Crippen LogP contribution in [0.25, 0.3) is 0 Å². The predicted octanol–water partition coefficient (Wildman–Crippen LogP) is 2.39. The normalized spacial score (nSPS) is 19.3. The van der Waals surface area contributed by atoms with Gasteiger partial charge in [0.2, 0.25) is 0 Å². The summed E-state index contributed by atoms with van der Waals surface area (Å²) in [5, 5.41) is 12.8. The highest BCUT2D eigenvalue weighted by atomic mass is 16.3. The van der Waals surface area contributed by atoms with Crippen molar-refractivity contribution < 1.29 is 5.11 Å². The van der Waals surface area contributed by atoms with E-state index in [4.69, 9.17) is 0 Å². The van der Waals surface area contributed by atoms with E-state index in [1.165, 1.54) is 32.1 Å². The second-order valence-corrected chi connectivity index (χ2v) is 5.54. The first-order valence-corrected chi connectivity index (χ1v) is 7.90. The van der Waals surface area contributed by atoms with Crippen molar-refractivity contribution in [2.75, 3.05) is 26.2 Å². The van der Waals surface area contributed by atoms with E-state index in [1.54, 1.807) is 0 Å². The largest absolute Gasteiger partial charge is 0.395 e. The van der Waals surface area contributed by atoms with Crippen LogP contribution in [0.3, 0.4) is 0 Å². The van der Waals surface area contributed by atoms with E-state index in [1.807, 2.05) is 0 Å². The average Bonchev–Trinajstić information content (AvgIpc) is 2.44. The van der Waals surface area contributed by atoms with Crippen LogP contribution >= 0.6 is 0 Å². The first kappa shape index (κ1) is 15.9. The maximum atomic E-state index is 9.37. The maximum absolute atomic E-state index is 9.37. The summed E-state index contributed by atoms with van der Waals surface area (Å²) in [5.41, 5.74) is 0. The molecule has 0 saturated heterocycles. The summed E-state index contributed by atoms with van der Waals surface area (Å²) in [5.74, 6) is 0. The molecule has 1 aliphatic rings. The molecule has 108 valence electrons. The molecule has 0 heterocycles. The summed E-state index contributed by atoms with van der Waals surface area (Å²) in [6.07, 6.45) is 9.18. The fraction of sp³-hybridized carbons (Fsp3) is 1.00. The van der Waals surface area contributed by atoms with Gasteiger partial charge in [0.25, 0.3) is 0 Å². The Kier molecular flexibility index (Phi) is 8.64. The quantitative estimate of drug-likeness (QED) is 0.665. The molecule has 0 aromatic rings. The monoisotopic (exact) mass is 256 g/mol. The lowest BCUT2D eigenvalue weighted by atomic mass is 9.94. The van der Waals surface area contributed by atoms with Gasteiger partial charge >= 0.3 is 0 Å². The summed E-state index contributed by atoms with van der Waals surface area (Å²) in [7, 11) is 0. The predicted molar refractivity (Wildman–Crippen MR) is 77.9 cm³/mol.